The Morgan fingerprint density at radius 3 is 3.08 bits per heavy atom. The monoisotopic (exact) mass is 219 g/mol. The van der Waals surface area contributed by atoms with Crippen LogP contribution in [0.5, 0.6) is 0 Å². The number of hydrogen-bond donors (Lipinski definition) is 1. The molecule has 0 fully saturated rings. The molecule has 0 amide bonds. The van der Waals surface area contributed by atoms with Crippen LogP contribution in [-0.2, 0) is 4.74 Å². The smallest absolute Gasteiger partial charge is 0.150 e. The van der Waals surface area contributed by atoms with E-state index in [0.717, 1.165) is 10.0 Å². The van der Waals surface area contributed by atoms with Crippen molar-refractivity contribution in [1.82, 2.24) is 4.98 Å². The standard InChI is InChI=1S/C8H13NO2S2/c1-6-4-12-8(9-6)13-5-7(10)3-11-2/h4,7,10H,3,5H2,1-2H3. The number of aryl methyl sites for hydroxylation is 1. The average molecular weight is 219 g/mol. The van der Waals surface area contributed by atoms with E-state index in [2.05, 4.69) is 4.98 Å². The molecular weight excluding hydrogens is 206 g/mol. The fraction of sp³-hybridized carbons (Fsp3) is 0.625. The van der Waals surface area contributed by atoms with E-state index in [0.29, 0.717) is 12.4 Å². The lowest BCUT2D eigenvalue weighted by Gasteiger charge is -2.06. The second kappa shape index (κ2) is 5.59. The molecule has 0 spiro atoms. The number of aromatic nitrogens is 1. The highest BCUT2D eigenvalue weighted by atomic mass is 32.2. The number of aliphatic hydroxyl groups is 1. The van der Waals surface area contributed by atoms with Gasteiger partial charge in [-0.1, -0.05) is 11.8 Å². The van der Waals surface area contributed by atoms with Crippen molar-refractivity contribution < 1.29 is 9.84 Å². The molecule has 0 saturated heterocycles. The summed E-state index contributed by atoms with van der Waals surface area (Å²) in [6.45, 7) is 2.35. The van der Waals surface area contributed by atoms with Crippen LogP contribution in [0.25, 0.3) is 0 Å². The summed E-state index contributed by atoms with van der Waals surface area (Å²) in [5.41, 5.74) is 1.04. The number of thiazole rings is 1. The summed E-state index contributed by atoms with van der Waals surface area (Å²) in [4.78, 5) is 4.27. The number of aliphatic hydroxyl groups excluding tert-OH is 1. The summed E-state index contributed by atoms with van der Waals surface area (Å²) in [6, 6.07) is 0. The molecule has 0 radical (unpaired) electrons. The first kappa shape index (κ1) is 11.0. The second-order valence-corrected chi connectivity index (χ2v) is 4.80. The van der Waals surface area contributed by atoms with E-state index in [1.807, 2.05) is 12.3 Å². The van der Waals surface area contributed by atoms with Gasteiger partial charge in [0.15, 0.2) is 0 Å². The van der Waals surface area contributed by atoms with Crippen LogP contribution in [-0.4, -0.2) is 35.7 Å². The maximum absolute atomic E-state index is 9.35. The normalized spacial score (nSPS) is 13.2. The van der Waals surface area contributed by atoms with Gasteiger partial charge in [-0.2, -0.15) is 0 Å². The predicted octanol–water partition coefficient (Wildman–Crippen LogP) is 1.55. The van der Waals surface area contributed by atoms with Crippen molar-refractivity contribution in [3.8, 4) is 0 Å². The molecule has 74 valence electrons. The fourth-order valence-corrected chi connectivity index (χ4v) is 2.59. The van der Waals surface area contributed by atoms with Gasteiger partial charge in [-0.25, -0.2) is 4.98 Å². The molecule has 1 N–H and O–H groups in total. The molecule has 1 atom stereocenters. The van der Waals surface area contributed by atoms with E-state index >= 15 is 0 Å². The van der Waals surface area contributed by atoms with E-state index in [-0.39, 0.29) is 0 Å². The van der Waals surface area contributed by atoms with Crippen molar-refractivity contribution in [2.75, 3.05) is 19.5 Å². The van der Waals surface area contributed by atoms with Gasteiger partial charge in [0, 0.05) is 23.9 Å². The highest BCUT2D eigenvalue weighted by Gasteiger charge is 2.06. The number of methoxy groups -OCH3 is 1. The molecule has 1 unspecified atom stereocenters. The summed E-state index contributed by atoms with van der Waals surface area (Å²) in [5.74, 6) is 0.640. The SMILES string of the molecule is COCC(O)CSc1nc(C)cs1. The molecule has 13 heavy (non-hydrogen) atoms. The quantitative estimate of drug-likeness (QED) is 0.763. The third kappa shape index (κ3) is 4.08. The maximum Gasteiger partial charge on any atom is 0.150 e. The number of thioether (sulfide) groups is 1. The van der Waals surface area contributed by atoms with E-state index in [4.69, 9.17) is 4.74 Å². The van der Waals surface area contributed by atoms with Gasteiger partial charge in [0.2, 0.25) is 0 Å². The molecule has 0 aliphatic carbocycles. The van der Waals surface area contributed by atoms with E-state index in [1.165, 1.54) is 0 Å². The zero-order valence-electron chi connectivity index (χ0n) is 7.69. The van der Waals surface area contributed by atoms with Crippen LogP contribution in [0.3, 0.4) is 0 Å². The van der Waals surface area contributed by atoms with Gasteiger partial charge in [-0.3, -0.25) is 0 Å². The Kier molecular flexibility index (Phi) is 4.72. The first-order valence-corrected chi connectivity index (χ1v) is 5.81. The lowest BCUT2D eigenvalue weighted by molar-refractivity contribution is 0.0794. The summed E-state index contributed by atoms with van der Waals surface area (Å²) >= 11 is 3.18. The minimum Gasteiger partial charge on any atom is -0.390 e. The Morgan fingerprint density at radius 2 is 2.54 bits per heavy atom. The lowest BCUT2D eigenvalue weighted by Crippen LogP contribution is -2.16. The maximum atomic E-state index is 9.35. The average Bonchev–Trinajstić information content (AvgIpc) is 2.49. The number of ether oxygens (including phenoxy) is 1. The van der Waals surface area contributed by atoms with Crippen molar-refractivity contribution in [2.45, 2.75) is 17.4 Å². The minimum atomic E-state index is -0.404. The molecule has 3 nitrogen and oxygen atoms in total. The van der Waals surface area contributed by atoms with Gasteiger partial charge in [0.05, 0.1) is 12.7 Å². The van der Waals surface area contributed by atoms with E-state index < -0.39 is 6.10 Å². The first-order valence-electron chi connectivity index (χ1n) is 3.94. The largest absolute Gasteiger partial charge is 0.390 e. The van der Waals surface area contributed by atoms with Crippen LogP contribution in [0.1, 0.15) is 5.69 Å². The highest BCUT2D eigenvalue weighted by molar-refractivity contribution is 8.01. The first-order chi connectivity index (χ1) is 6.22. The topological polar surface area (TPSA) is 42.4 Å². The number of nitrogens with zero attached hydrogens (tertiary/aromatic N) is 1. The fourth-order valence-electron chi connectivity index (χ4n) is 0.807. The summed E-state index contributed by atoms with van der Waals surface area (Å²) in [7, 11) is 1.58. The molecule has 1 aromatic heterocycles. The van der Waals surface area contributed by atoms with Crippen LogP contribution in [0, 0.1) is 6.92 Å². The number of hydrogen-bond acceptors (Lipinski definition) is 5. The van der Waals surface area contributed by atoms with Gasteiger partial charge in [0.1, 0.15) is 4.34 Å². The van der Waals surface area contributed by atoms with Gasteiger partial charge >= 0.3 is 0 Å². The molecule has 0 aromatic carbocycles. The van der Waals surface area contributed by atoms with Gasteiger partial charge in [-0.05, 0) is 6.92 Å². The lowest BCUT2D eigenvalue weighted by atomic mass is 10.4. The summed E-state index contributed by atoms with van der Waals surface area (Å²) < 4.78 is 5.82. The number of rotatable bonds is 5. The summed E-state index contributed by atoms with van der Waals surface area (Å²) in [5, 5.41) is 11.4. The molecule has 1 aromatic rings. The Bertz CT molecular complexity index is 252. The van der Waals surface area contributed by atoms with Crippen LogP contribution < -0.4 is 0 Å². The Morgan fingerprint density at radius 1 is 1.77 bits per heavy atom. The predicted molar refractivity (Wildman–Crippen MR) is 55.5 cm³/mol. The highest BCUT2D eigenvalue weighted by Crippen LogP contribution is 2.22. The van der Waals surface area contributed by atoms with Crippen molar-refractivity contribution >= 4 is 23.1 Å². The van der Waals surface area contributed by atoms with Gasteiger partial charge in [0.25, 0.3) is 0 Å². The van der Waals surface area contributed by atoms with Crippen LogP contribution in [0.15, 0.2) is 9.72 Å². The molecule has 5 heteroatoms. The molecule has 0 saturated carbocycles. The van der Waals surface area contributed by atoms with Crippen LogP contribution in [0.2, 0.25) is 0 Å². The van der Waals surface area contributed by atoms with Crippen LogP contribution >= 0.6 is 23.1 Å². The van der Waals surface area contributed by atoms with Crippen LogP contribution in [0.4, 0.5) is 0 Å². The Hall–Kier alpha value is -0.100. The molecule has 1 heterocycles. The third-order valence-corrected chi connectivity index (χ3v) is 3.64. The molecular formula is C8H13NO2S2. The third-order valence-electron chi connectivity index (χ3n) is 1.36. The van der Waals surface area contributed by atoms with Crippen molar-refractivity contribution in [1.29, 1.82) is 0 Å². The van der Waals surface area contributed by atoms with Crippen molar-refractivity contribution in [3.63, 3.8) is 0 Å². The van der Waals surface area contributed by atoms with Gasteiger partial charge in [-0.15, -0.1) is 11.3 Å². The summed E-state index contributed by atoms with van der Waals surface area (Å²) in [6.07, 6.45) is -0.404. The van der Waals surface area contributed by atoms with Crippen molar-refractivity contribution in [3.05, 3.63) is 11.1 Å². The Balaban J connectivity index is 2.26. The molecule has 1 rings (SSSR count). The zero-order valence-corrected chi connectivity index (χ0v) is 9.32. The zero-order chi connectivity index (χ0) is 9.68. The van der Waals surface area contributed by atoms with E-state index in [9.17, 15) is 5.11 Å². The minimum absolute atomic E-state index is 0.386. The molecule has 0 bridgehead atoms. The van der Waals surface area contributed by atoms with E-state index in [1.54, 1.807) is 30.2 Å². The van der Waals surface area contributed by atoms with Gasteiger partial charge < -0.3 is 9.84 Å². The van der Waals surface area contributed by atoms with Crippen molar-refractivity contribution in [2.24, 2.45) is 0 Å². The molecule has 0 aliphatic heterocycles. The second-order valence-electron chi connectivity index (χ2n) is 2.67. The Labute approximate surface area is 86.1 Å². The molecule has 0 aliphatic rings.